The fourth-order valence-electron chi connectivity index (χ4n) is 2.24. The number of hydrogen-bond acceptors (Lipinski definition) is 3. The molecule has 0 saturated carbocycles. The van der Waals surface area contributed by atoms with Crippen molar-refractivity contribution in [3.8, 4) is 0 Å². The smallest absolute Gasteiger partial charge is 0.214 e. The van der Waals surface area contributed by atoms with Gasteiger partial charge < -0.3 is 0 Å². The number of halogens is 1. The number of rotatable bonds is 5. The van der Waals surface area contributed by atoms with Gasteiger partial charge in [0.2, 0.25) is 10.0 Å². The van der Waals surface area contributed by atoms with Gasteiger partial charge in [-0.15, -0.1) is 11.6 Å². The second kappa shape index (κ2) is 5.99. The van der Waals surface area contributed by atoms with Crippen molar-refractivity contribution < 1.29 is 8.42 Å². The van der Waals surface area contributed by atoms with Gasteiger partial charge in [0.25, 0.3) is 0 Å². The molecule has 4 nitrogen and oxygen atoms in total. The van der Waals surface area contributed by atoms with Crippen LogP contribution in [-0.4, -0.2) is 41.9 Å². The van der Waals surface area contributed by atoms with Crippen molar-refractivity contribution in [1.29, 1.82) is 0 Å². The normalized spacial score (nSPS) is 21.3. The third kappa shape index (κ3) is 3.22. The highest BCUT2D eigenvalue weighted by Gasteiger charge is 2.32. The van der Waals surface area contributed by atoms with Gasteiger partial charge in [-0.25, -0.2) is 8.42 Å². The zero-order chi connectivity index (χ0) is 13.0. The molecule has 1 atom stereocenters. The van der Waals surface area contributed by atoms with Crippen LogP contribution in [0.15, 0.2) is 24.5 Å². The number of hydrogen-bond donors (Lipinski definition) is 0. The van der Waals surface area contributed by atoms with Crippen LogP contribution in [0.2, 0.25) is 0 Å². The second-order valence-electron chi connectivity index (χ2n) is 4.48. The first kappa shape index (κ1) is 13.8. The molecule has 6 heteroatoms. The SMILES string of the molecule is O=S(=O)(CCc1ccncc1)N1CCCC1CCl. The Bertz CT molecular complexity index is 478. The Morgan fingerprint density at radius 2 is 2.11 bits per heavy atom. The molecule has 1 aromatic heterocycles. The van der Waals surface area contributed by atoms with Crippen molar-refractivity contribution in [1.82, 2.24) is 9.29 Å². The molecule has 1 unspecified atom stereocenters. The van der Waals surface area contributed by atoms with Crippen molar-refractivity contribution in [3.63, 3.8) is 0 Å². The largest absolute Gasteiger partial charge is 0.265 e. The molecule has 0 spiro atoms. The number of aryl methyl sites for hydroxylation is 1. The average molecular weight is 289 g/mol. The van der Waals surface area contributed by atoms with Crippen LogP contribution in [0.3, 0.4) is 0 Å². The average Bonchev–Trinajstić information content (AvgIpc) is 2.87. The molecule has 1 saturated heterocycles. The summed E-state index contributed by atoms with van der Waals surface area (Å²) in [7, 11) is -3.19. The van der Waals surface area contributed by atoms with E-state index in [9.17, 15) is 8.42 Å². The third-order valence-electron chi connectivity index (χ3n) is 3.26. The minimum absolute atomic E-state index is 0.0193. The Labute approximate surface area is 113 Å². The number of alkyl halides is 1. The maximum absolute atomic E-state index is 12.2. The van der Waals surface area contributed by atoms with Crippen LogP contribution in [0, 0.1) is 0 Å². The van der Waals surface area contributed by atoms with Gasteiger partial charge >= 0.3 is 0 Å². The van der Waals surface area contributed by atoms with Crippen LogP contribution in [0.5, 0.6) is 0 Å². The van der Waals surface area contributed by atoms with Crippen LogP contribution in [0.1, 0.15) is 18.4 Å². The molecule has 1 aliphatic rings. The highest BCUT2D eigenvalue weighted by molar-refractivity contribution is 7.89. The van der Waals surface area contributed by atoms with Gasteiger partial charge in [-0.1, -0.05) is 0 Å². The van der Waals surface area contributed by atoms with Gasteiger partial charge in [0.1, 0.15) is 0 Å². The molecule has 100 valence electrons. The maximum atomic E-state index is 12.2. The number of pyridine rings is 1. The fraction of sp³-hybridized carbons (Fsp3) is 0.583. The Hall–Kier alpha value is -0.650. The molecule has 0 radical (unpaired) electrons. The minimum atomic E-state index is -3.19. The Balaban J connectivity index is 1.99. The Morgan fingerprint density at radius 3 is 2.78 bits per heavy atom. The van der Waals surface area contributed by atoms with Gasteiger partial charge in [0, 0.05) is 30.9 Å². The molecule has 1 aliphatic heterocycles. The summed E-state index contributed by atoms with van der Waals surface area (Å²) >= 11 is 5.81. The minimum Gasteiger partial charge on any atom is -0.265 e. The van der Waals surface area contributed by atoms with Crippen LogP contribution in [-0.2, 0) is 16.4 Å². The molecule has 0 aromatic carbocycles. The third-order valence-corrected chi connectivity index (χ3v) is 5.53. The maximum Gasteiger partial charge on any atom is 0.214 e. The lowest BCUT2D eigenvalue weighted by Crippen LogP contribution is -2.38. The van der Waals surface area contributed by atoms with Crippen molar-refractivity contribution in [2.45, 2.75) is 25.3 Å². The molecule has 18 heavy (non-hydrogen) atoms. The summed E-state index contributed by atoms with van der Waals surface area (Å²) in [6.45, 7) is 0.607. The van der Waals surface area contributed by atoms with Crippen molar-refractivity contribution in [2.75, 3.05) is 18.2 Å². The van der Waals surface area contributed by atoms with Crippen LogP contribution in [0.4, 0.5) is 0 Å². The van der Waals surface area contributed by atoms with E-state index in [4.69, 9.17) is 11.6 Å². The lowest BCUT2D eigenvalue weighted by atomic mass is 10.2. The van der Waals surface area contributed by atoms with E-state index < -0.39 is 10.0 Å². The Kier molecular flexibility index (Phi) is 4.59. The number of sulfonamides is 1. The monoisotopic (exact) mass is 288 g/mol. The van der Waals surface area contributed by atoms with E-state index in [1.54, 1.807) is 16.7 Å². The zero-order valence-electron chi connectivity index (χ0n) is 10.1. The summed E-state index contributed by atoms with van der Waals surface area (Å²) in [5.74, 6) is 0.527. The summed E-state index contributed by atoms with van der Waals surface area (Å²) in [5, 5.41) is 0. The molecule has 1 fully saturated rings. The van der Waals surface area contributed by atoms with E-state index in [2.05, 4.69) is 4.98 Å². The van der Waals surface area contributed by atoms with Gasteiger partial charge in [-0.05, 0) is 37.0 Å². The predicted octanol–water partition coefficient (Wildman–Crippen LogP) is 1.66. The molecule has 2 rings (SSSR count). The van der Waals surface area contributed by atoms with E-state index in [0.717, 1.165) is 18.4 Å². The highest BCUT2D eigenvalue weighted by Crippen LogP contribution is 2.22. The summed E-state index contributed by atoms with van der Waals surface area (Å²) < 4.78 is 26.0. The molecular weight excluding hydrogens is 272 g/mol. The predicted molar refractivity (Wildman–Crippen MR) is 72.2 cm³/mol. The molecule has 0 aliphatic carbocycles. The lowest BCUT2D eigenvalue weighted by molar-refractivity contribution is 0.411. The molecule has 1 aromatic rings. The van der Waals surface area contributed by atoms with E-state index in [-0.39, 0.29) is 11.8 Å². The zero-order valence-corrected chi connectivity index (χ0v) is 11.7. The van der Waals surface area contributed by atoms with Crippen molar-refractivity contribution in [2.24, 2.45) is 0 Å². The van der Waals surface area contributed by atoms with Crippen LogP contribution in [0.25, 0.3) is 0 Å². The van der Waals surface area contributed by atoms with E-state index >= 15 is 0 Å². The molecule has 2 heterocycles. The first-order valence-corrected chi connectivity index (χ1v) is 8.22. The van der Waals surface area contributed by atoms with Crippen LogP contribution >= 0.6 is 11.6 Å². The van der Waals surface area contributed by atoms with Gasteiger partial charge in [0.05, 0.1) is 5.75 Å². The summed E-state index contributed by atoms with van der Waals surface area (Å²) in [6.07, 6.45) is 5.67. The molecule has 0 bridgehead atoms. The standard InChI is InChI=1S/C12H17ClN2O2S/c13-10-12-2-1-8-15(12)18(16,17)9-5-11-3-6-14-7-4-11/h3-4,6-7,12H,1-2,5,8-10H2. The first-order chi connectivity index (χ1) is 8.63. The van der Waals surface area contributed by atoms with E-state index in [0.29, 0.717) is 18.8 Å². The highest BCUT2D eigenvalue weighted by atomic mass is 35.5. The number of aromatic nitrogens is 1. The number of nitrogens with zero attached hydrogens (tertiary/aromatic N) is 2. The van der Waals surface area contributed by atoms with E-state index in [1.165, 1.54) is 0 Å². The van der Waals surface area contributed by atoms with E-state index in [1.807, 2.05) is 12.1 Å². The topological polar surface area (TPSA) is 50.3 Å². The molecular formula is C12H17ClN2O2S. The molecule has 0 N–H and O–H groups in total. The Morgan fingerprint density at radius 1 is 1.39 bits per heavy atom. The first-order valence-electron chi connectivity index (χ1n) is 6.08. The van der Waals surface area contributed by atoms with Crippen molar-refractivity contribution in [3.05, 3.63) is 30.1 Å². The summed E-state index contributed by atoms with van der Waals surface area (Å²) in [6, 6.07) is 3.67. The quantitative estimate of drug-likeness (QED) is 0.774. The second-order valence-corrected chi connectivity index (χ2v) is 6.83. The lowest BCUT2D eigenvalue weighted by Gasteiger charge is -2.22. The van der Waals surface area contributed by atoms with Crippen LogP contribution < -0.4 is 0 Å². The fourth-order valence-corrected chi connectivity index (χ4v) is 4.42. The molecule has 0 amide bonds. The summed E-state index contributed by atoms with van der Waals surface area (Å²) in [4.78, 5) is 3.92. The van der Waals surface area contributed by atoms with Gasteiger partial charge in [-0.2, -0.15) is 4.31 Å². The van der Waals surface area contributed by atoms with Gasteiger partial charge in [-0.3, -0.25) is 4.98 Å². The van der Waals surface area contributed by atoms with Gasteiger partial charge in [0.15, 0.2) is 0 Å². The van der Waals surface area contributed by atoms with Crippen molar-refractivity contribution >= 4 is 21.6 Å². The summed E-state index contributed by atoms with van der Waals surface area (Å²) in [5.41, 5.74) is 0.996.